The van der Waals surface area contributed by atoms with E-state index in [1.54, 1.807) is 0 Å². The Kier molecular flexibility index (Phi) is 8.78. The van der Waals surface area contributed by atoms with Crippen molar-refractivity contribution in [1.29, 1.82) is 0 Å². The Labute approximate surface area is 251 Å². The molecule has 0 saturated carbocycles. The van der Waals surface area contributed by atoms with E-state index in [4.69, 9.17) is 37.1 Å². The Morgan fingerprint density at radius 2 is 1.22 bits per heavy atom. The van der Waals surface area contributed by atoms with Gasteiger partial charge in [-0.3, -0.25) is 0 Å². The molecule has 3 heterocycles. The average Bonchev–Trinajstić information content (AvgIpc) is 3.26. The molecule has 2 aromatic rings. The van der Waals surface area contributed by atoms with Gasteiger partial charge in [0.25, 0.3) is 0 Å². The fraction of sp³-hybridized carbons (Fsp3) is 0.619. The van der Waals surface area contributed by atoms with Crippen molar-refractivity contribution in [2.45, 2.75) is 84.4 Å². The first-order valence-electron chi connectivity index (χ1n) is 10.6. The second-order valence-electron chi connectivity index (χ2n) is 11.2. The predicted molar refractivity (Wildman–Crippen MR) is 136 cm³/mol. The van der Waals surface area contributed by atoms with Gasteiger partial charge in [0.1, 0.15) is 6.20 Å². The molecule has 170 valence electrons. The predicted octanol–water partition coefficient (Wildman–Crippen LogP) is 0.548. The van der Waals surface area contributed by atoms with Crippen LogP contribution < -0.4 is 56.3 Å². The van der Waals surface area contributed by atoms with Crippen LogP contribution in [0.4, 0.5) is 0 Å². The zero-order chi connectivity index (χ0) is 23.5. The number of hydrogen-bond donors (Lipinski definition) is 1. The summed E-state index contributed by atoms with van der Waals surface area (Å²) in [6, 6.07) is 0. The van der Waals surface area contributed by atoms with E-state index < -0.39 is 0 Å². The van der Waals surface area contributed by atoms with Crippen LogP contribution in [0.25, 0.3) is 0 Å². The molecule has 0 fully saturated rings. The normalized spacial score (nSPS) is 19.4. The number of hydrogen-bond acceptors (Lipinski definition) is 4. The van der Waals surface area contributed by atoms with Gasteiger partial charge < -0.3 is 40.4 Å². The third kappa shape index (κ3) is 5.46. The minimum absolute atomic E-state index is 0. The molecule has 0 bridgehead atoms. The number of nitrogens with zero attached hydrogens (tertiary/aromatic N) is 5. The third-order valence-electron chi connectivity index (χ3n) is 5.65. The monoisotopic (exact) mass is 517 g/mol. The van der Waals surface area contributed by atoms with Gasteiger partial charge in [-0.2, -0.15) is 0 Å². The Morgan fingerprint density at radius 3 is 1.50 bits per heavy atom. The molecule has 1 aliphatic heterocycles. The van der Waals surface area contributed by atoms with E-state index in [0.717, 1.165) is 9.54 Å². The fourth-order valence-electron chi connectivity index (χ4n) is 3.88. The van der Waals surface area contributed by atoms with Crippen LogP contribution in [-0.4, -0.2) is 41.1 Å². The van der Waals surface area contributed by atoms with E-state index in [0.29, 0.717) is 0 Å². The molecule has 2 unspecified atom stereocenters. The molecule has 2 aromatic heterocycles. The number of quaternary nitrogens is 1. The van der Waals surface area contributed by atoms with Crippen LogP contribution in [0, 0.1) is 9.54 Å². The average molecular weight is 518 g/mol. The fourth-order valence-corrected chi connectivity index (χ4v) is 5.47. The summed E-state index contributed by atoms with van der Waals surface area (Å²) in [5.74, 6) is 0. The number of nitrogens with one attached hydrogen (secondary N) is 1. The van der Waals surface area contributed by atoms with Crippen molar-refractivity contribution in [1.82, 2.24) is 22.9 Å². The molecule has 0 radical (unpaired) electrons. The standard InChI is InChI=1S/C21H35BN6S3.K/c1-19(2,3)23-10-13-26(16(23)29)22(27-14-11-24(17(27)30)20(4,5)6)28-15-12-25(18(28)31)21(7,8)9;/h10-16,29H,1-9H3;/q;+1. The maximum Gasteiger partial charge on any atom is 1.00 e. The van der Waals surface area contributed by atoms with Crippen molar-refractivity contribution in [3.63, 3.8) is 0 Å². The molecule has 11 heteroatoms. The maximum absolute atomic E-state index is 6.03. The zero-order valence-electron chi connectivity index (χ0n) is 21.1. The number of imidazole rings is 2. The smallest absolute Gasteiger partial charge is 0.705 e. The van der Waals surface area contributed by atoms with Crippen molar-refractivity contribution >= 4 is 44.2 Å². The quantitative estimate of drug-likeness (QED) is 0.366. The third-order valence-corrected chi connectivity index (χ3v) is 6.96. The van der Waals surface area contributed by atoms with E-state index in [9.17, 15) is 0 Å². The molecule has 0 saturated heterocycles. The van der Waals surface area contributed by atoms with Gasteiger partial charge in [-0.1, -0.05) is 0 Å². The summed E-state index contributed by atoms with van der Waals surface area (Å²) in [5, 5.41) is 0. The first-order chi connectivity index (χ1) is 14.0. The van der Waals surface area contributed by atoms with Crippen LogP contribution in [-0.2, 0) is 23.7 Å². The van der Waals surface area contributed by atoms with Crippen LogP contribution >= 0.6 is 24.4 Å². The van der Waals surface area contributed by atoms with Crippen molar-refractivity contribution in [3.8, 4) is 0 Å². The molecule has 0 aliphatic carbocycles. The molecule has 1 aliphatic rings. The van der Waals surface area contributed by atoms with Gasteiger partial charge in [0.15, 0.2) is 9.54 Å². The first kappa shape index (κ1) is 28.6. The van der Waals surface area contributed by atoms with Crippen LogP contribution in [0.15, 0.2) is 37.2 Å². The first-order valence-corrected chi connectivity index (χ1v) is 11.9. The summed E-state index contributed by atoms with van der Waals surface area (Å²) < 4.78 is 9.90. The molecule has 6 nitrogen and oxygen atoms in total. The summed E-state index contributed by atoms with van der Waals surface area (Å²) in [6.07, 6.45) is 12.4. The van der Waals surface area contributed by atoms with Crippen LogP contribution in [0.2, 0.25) is 0 Å². The van der Waals surface area contributed by atoms with Crippen LogP contribution in [0.5, 0.6) is 0 Å². The van der Waals surface area contributed by atoms with Crippen molar-refractivity contribution < 1.29 is 56.3 Å². The molecule has 3 rings (SSSR count). The van der Waals surface area contributed by atoms with Crippen LogP contribution in [0.3, 0.4) is 0 Å². The van der Waals surface area contributed by atoms with E-state index in [2.05, 4.69) is 97.6 Å². The van der Waals surface area contributed by atoms with E-state index >= 15 is 0 Å². The van der Waals surface area contributed by atoms with E-state index in [-0.39, 0.29) is 80.6 Å². The molecular weight excluding hydrogens is 482 g/mol. The topological polar surface area (TPSA) is 27.4 Å². The summed E-state index contributed by atoms with van der Waals surface area (Å²) in [5.41, 5.74) is -0.449. The molecule has 1 N–H and O–H groups in total. The second-order valence-corrected chi connectivity index (χ2v) is 12.4. The second kappa shape index (κ2) is 9.81. The van der Waals surface area contributed by atoms with Gasteiger partial charge in [-0.25, -0.2) is 0 Å². The van der Waals surface area contributed by atoms with Crippen LogP contribution in [0.1, 0.15) is 62.3 Å². The minimum Gasteiger partial charge on any atom is -0.705 e. The van der Waals surface area contributed by atoms with Gasteiger partial charge in [-0.15, -0.1) is 0 Å². The Balaban J connectivity index is 0.00000363. The number of aromatic nitrogens is 4. The Bertz CT molecular complexity index is 1030. The Hall–Kier alpha value is 0.411. The van der Waals surface area contributed by atoms with Crippen molar-refractivity contribution in [2.75, 3.05) is 0 Å². The summed E-state index contributed by atoms with van der Waals surface area (Å²) in [4.78, 5) is 3.40. The molecule has 0 spiro atoms. The molecule has 0 amide bonds. The van der Waals surface area contributed by atoms with Gasteiger partial charge in [0.05, 0.1) is 5.54 Å². The number of rotatable bonds is 3. The molecule has 0 aromatic carbocycles. The van der Waals surface area contributed by atoms with Gasteiger partial charge in [0.2, 0.25) is 0 Å². The molecule has 32 heavy (non-hydrogen) atoms. The molecule has 2 atom stereocenters. The summed E-state index contributed by atoms with van der Waals surface area (Å²) >= 11 is 17.9. The zero-order valence-corrected chi connectivity index (χ0v) is 26.7. The Morgan fingerprint density at radius 1 is 0.812 bits per heavy atom. The maximum atomic E-state index is 6.03. The van der Waals surface area contributed by atoms with Gasteiger partial charge in [-0.05, 0) is 86.7 Å². The SMILES string of the molecule is CC(C)(C)n1ccn(B(N2C=C[NH+](C(C)(C)C)C2[S-])n2ccn(C(C)(C)C)c2=S)c1=S.[K+]. The van der Waals surface area contributed by atoms with Gasteiger partial charge >= 0.3 is 58.5 Å². The minimum atomic E-state index is -0.286. The molecular formula is C21H35BKN6S3+. The summed E-state index contributed by atoms with van der Waals surface area (Å²) in [7, 11) is -0.286. The van der Waals surface area contributed by atoms with Gasteiger partial charge in [0, 0.05) is 47.6 Å². The van der Waals surface area contributed by atoms with Crippen molar-refractivity contribution in [3.05, 3.63) is 46.7 Å². The van der Waals surface area contributed by atoms with Crippen molar-refractivity contribution in [2.24, 2.45) is 0 Å². The summed E-state index contributed by atoms with van der Waals surface area (Å²) in [6.45, 7) is 19.5. The van der Waals surface area contributed by atoms with E-state index in [1.807, 2.05) is 24.8 Å². The largest absolute Gasteiger partial charge is 1.00 e. The van der Waals surface area contributed by atoms with E-state index in [1.165, 1.54) is 4.90 Å².